The number of carbonyl (C=O) groups is 2. The smallest absolute Gasteiger partial charge is 0.407 e. The summed E-state index contributed by atoms with van der Waals surface area (Å²) in [4.78, 5) is 23.0. The van der Waals surface area contributed by atoms with Gasteiger partial charge in [-0.3, -0.25) is 4.79 Å². The van der Waals surface area contributed by atoms with Crippen LogP contribution in [0.3, 0.4) is 0 Å². The van der Waals surface area contributed by atoms with Crippen LogP contribution in [0.25, 0.3) is 0 Å². The van der Waals surface area contributed by atoms with Crippen molar-refractivity contribution < 1.29 is 23.1 Å². The van der Waals surface area contributed by atoms with Crippen LogP contribution in [0.1, 0.15) is 39.2 Å². The molecule has 1 aliphatic rings. The number of primary amides is 1. The van der Waals surface area contributed by atoms with E-state index in [9.17, 15) is 18.4 Å². The normalized spacial score (nSPS) is 22.8. The molecule has 5 nitrogen and oxygen atoms in total. The zero-order valence-electron chi connectivity index (χ0n) is 14.0. The van der Waals surface area contributed by atoms with Crippen molar-refractivity contribution in [3.05, 3.63) is 35.4 Å². The molecule has 7 heteroatoms. The van der Waals surface area contributed by atoms with Crippen molar-refractivity contribution in [2.24, 2.45) is 11.7 Å². The predicted molar refractivity (Wildman–Crippen MR) is 84.2 cm³/mol. The van der Waals surface area contributed by atoms with Crippen LogP contribution >= 0.6 is 0 Å². The Balaban J connectivity index is 2.17. The van der Waals surface area contributed by atoms with Crippen LogP contribution in [0.2, 0.25) is 0 Å². The van der Waals surface area contributed by atoms with E-state index in [0.717, 1.165) is 6.07 Å². The molecule has 0 unspecified atom stereocenters. The van der Waals surface area contributed by atoms with Gasteiger partial charge >= 0.3 is 6.09 Å². The maximum Gasteiger partial charge on any atom is 0.407 e. The number of rotatable bonds is 5. The summed E-state index contributed by atoms with van der Waals surface area (Å²) in [5, 5.41) is 2.62. The Morgan fingerprint density at radius 3 is 2.38 bits per heavy atom. The molecule has 0 spiro atoms. The van der Waals surface area contributed by atoms with E-state index < -0.39 is 34.7 Å². The third kappa shape index (κ3) is 4.43. The fourth-order valence-electron chi connectivity index (χ4n) is 2.95. The first-order valence-corrected chi connectivity index (χ1v) is 7.73. The zero-order valence-corrected chi connectivity index (χ0v) is 14.0. The molecular weight excluding hydrogens is 318 g/mol. The highest BCUT2D eigenvalue weighted by Crippen LogP contribution is 2.55. The van der Waals surface area contributed by atoms with Gasteiger partial charge in [0.25, 0.3) is 0 Å². The van der Waals surface area contributed by atoms with Crippen LogP contribution in [0.4, 0.5) is 13.6 Å². The van der Waals surface area contributed by atoms with Crippen molar-refractivity contribution in [2.75, 3.05) is 6.54 Å². The molecule has 1 aliphatic carbocycles. The second kappa shape index (κ2) is 6.37. The van der Waals surface area contributed by atoms with Gasteiger partial charge in [0.1, 0.15) is 17.2 Å². The first kappa shape index (κ1) is 18.2. The number of ether oxygens (including phenoxy) is 1. The molecule has 1 fully saturated rings. The van der Waals surface area contributed by atoms with Gasteiger partial charge in [-0.1, -0.05) is 0 Å². The highest BCUT2D eigenvalue weighted by atomic mass is 19.1. The summed E-state index contributed by atoms with van der Waals surface area (Å²) < 4.78 is 32.3. The summed E-state index contributed by atoms with van der Waals surface area (Å²) >= 11 is 0. The van der Waals surface area contributed by atoms with E-state index in [1.807, 2.05) is 0 Å². The highest BCUT2D eigenvalue weighted by Gasteiger charge is 2.56. The summed E-state index contributed by atoms with van der Waals surface area (Å²) in [5.74, 6) is -2.07. The van der Waals surface area contributed by atoms with Gasteiger partial charge in [0, 0.05) is 24.4 Å². The Morgan fingerprint density at radius 2 is 1.88 bits per heavy atom. The minimum atomic E-state index is -0.713. The number of amides is 2. The van der Waals surface area contributed by atoms with Gasteiger partial charge in [-0.05, 0) is 50.8 Å². The molecular formula is C17H22F2N2O3. The van der Waals surface area contributed by atoms with Crippen molar-refractivity contribution in [1.29, 1.82) is 0 Å². The van der Waals surface area contributed by atoms with E-state index in [0.29, 0.717) is 12.0 Å². The lowest BCUT2D eigenvalue weighted by molar-refractivity contribution is -0.118. The Hall–Kier alpha value is -2.18. The monoisotopic (exact) mass is 340 g/mol. The Kier molecular flexibility index (Phi) is 4.82. The van der Waals surface area contributed by atoms with Gasteiger partial charge in [-0.25, -0.2) is 13.6 Å². The second-order valence-electron chi connectivity index (χ2n) is 7.24. The van der Waals surface area contributed by atoms with Crippen LogP contribution < -0.4 is 11.1 Å². The van der Waals surface area contributed by atoms with Crippen molar-refractivity contribution in [2.45, 2.75) is 44.6 Å². The molecule has 0 aromatic heterocycles. The second-order valence-corrected chi connectivity index (χ2v) is 7.24. The molecule has 0 saturated heterocycles. The topological polar surface area (TPSA) is 81.4 Å². The molecule has 0 heterocycles. The fourth-order valence-corrected chi connectivity index (χ4v) is 2.95. The Bertz CT molecular complexity index is 637. The first-order valence-electron chi connectivity index (χ1n) is 7.73. The average molecular weight is 340 g/mol. The Labute approximate surface area is 139 Å². The summed E-state index contributed by atoms with van der Waals surface area (Å²) in [6.07, 6.45) is -0.0218. The SMILES string of the molecule is CC(C)(C)OC(=O)NC[C@@]1(c2cc(F)cc(F)c2)C[C@H]1CC(N)=O. The molecule has 24 heavy (non-hydrogen) atoms. The largest absolute Gasteiger partial charge is 0.444 e. The number of benzene rings is 1. The lowest BCUT2D eigenvalue weighted by atomic mass is 9.91. The van der Waals surface area contributed by atoms with Crippen LogP contribution in [-0.4, -0.2) is 24.1 Å². The number of nitrogens with one attached hydrogen (secondary N) is 1. The average Bonchev–Trinajstić information content (AvgIpc) is 3.07. The maximum absolute atomic E-state index is 13.6. The first-order chi connectivity index (χ1) is 11.0. The standard InChI is InChI=1S/C17H22F2N2O3/c1-16(2,3)24-15(23)21-9-17(8-11(17)6-14(20)22)10-4-12(18)7-13(19)5-10/h4-5,7,11H,6,8-9H2,1-3H3,(H2,20,22)(H,21,23)/t11-,17-/m1/s1. The number of hydrogen-bond acceptors (Lipinski definition) is 3. The van der Waals surface area contributed by atoms with E-state index in [1.54, 1.807) is 20.8 Å². The van der Waals surface area contributed by atoms with Crippen LogP contribution in [0.5, 0.6) is 0 Å². The summed E-state index contributed by atoms with van der Waals surface area (Å²) in [6.45, 7) is 5.31. The lowest BCUT2D eigenvalue weighted by Gasteiger charge is -2.23. The van der Waals surface area contributed by atoms with Gasteiger partial charge in [-0.15, -0.1) is 0 Å². The molecule has 0 aliphatic heterocycles. The van der Waals surface area contributed by atoms with Crippen LogP contribution in [-0.2, 0) is 14.9 Å². The fraction of sp³-hybridized carbons (Fsp3) is 0.529. The van der Waals surface area contributed by atoms with E-state index in [-0.39, 0.29) is 18.9 Å². The molecule has 0 bridgehead atoms. The molecule has 1 aromatic carbocycles. The highest BCUT2D eigenvalue weighted by molar-refractivity contribution is 5.75. The molecule has 3 N–H and O–H groups in total. The number of carbonyl (C=O) groups excluding carboxylic acids is 2. The number of halogens is 2. The van der Waals surface area contributed by atoms with Crippen molar-refractivity contribution in [1.82, 2.24) is 5.32 Å². The maximum atomic E-state index is 13.6. The van der Waals surface area contributed by atoms with E-state index in [4.69, 9.17) is 10.5 Å². The minimum Gasteiger partial charge on any atom is -0.444 e. The number of alkyl carbamates (subject to hydrolysis) is 1. The number of hydrogen-bond donors (Lipinski definition) is 2. The molecule has 2 atom stereocenters. The summed E-state index contributed by atoms with van der Waals surface area (Å²) in [6, 6.07) is 3.23. The van der Waals surface area contributed by atoms with Crippen molar-refractivity contribution in [3.8, 4) is 0 Å². The van der Waals surface area contributed by atoms with E-state index in [2.05, 4.69) is 5.32 Å². The zero-order chi connectivity index (χ0) is 18.1. The molecule has 132 valence electrons. The lowest BCUT2D eigenvalue weighted by Crippen LogP contribution is -2.38. The van der Waals surface area contributed by atoms with Crippen molar-refractivity contribution in [3.63, 3.8) is 0 Å². The van der Waals surface area contributed by atoms with Crippen LogP contribution in [0.15, 0.2) is 18.2 Å². The van der Waals surface area contributed by atoms with E-state index in [1.165, 1.54) is 12.1 Å². The molecule has 2 amide bonds. The molecule has 0 radical (unpaired) electrons. The molecule has 1 aromatic rings. The van der Waals surface area contributed by atoms with Gasteiger partial charge < -0.3 is 15.8 Å². The number of nitrogens with two attached hydrogens (primary N) is 1. The van der Waals surface area contributed by atoms with Crippen molar-refractivity contribution >= 4 is 12.0 Å². The van der Waals surface area contributed by atoms with E-state index >= 15 is 0 Å². The van der Waals surface area contributed by atoms with Gasteiger partial charge in [0.2, 0.25) is 5.91 Å². The Morgan fingerprint density at radius 1 is 1.29 bits per heavy atom. The van der Waals surface area contributed by atoms with Gasteiger partial charge in [0.05, 0.1) is 0 Å². The summed E-state index contributed by atoms with van der Waals surface area (Å²) in [5.41, 5.74) is 4.27. The van der Waals surface area contributed by atoms with Gasteiger partial charge in [0.15, 0.2) is 0 Å². The minimum absolute atomic E-state index is 0.0914. The predicted octanol–water partition coefficient (Wildman–Crippen LogP) is 2.62. The summed E-state index contributed by atoms with van der Waals surface area (Å²) in [7, 11) is 0. The quantitative estimate of drug-likeness (QED) is 0.864. The van der Waals surface area contributed by atoms with Gasteiger partial charge in [-0.2, -0.15) is 0 Å². The molecule has 1 saturated carbocycles. The third-order valence-corrected chi connectivity index (χ3v) is 4.06. The molecule has 2 rings (SSSR count). The third-order valence-electron chi connectivity index (χ3n) is 4.06. The van der Waals surface area contributed by atoms with Crippen LogP contribution in [0, 0.1) is 17.6 Å².